The van der Waals surface area contributed by atoms with Gasteiger partial charge in [0.05, 0.1) is 5.69 Å². The first-order valence-electron chi connectivity index (χ1n) is 8.24. The Morgan fingerprint density at radius 3 is 2.57 bits per heavy atom. The molecule has 0 atom stereocenters. The smallest absolute Gasteiger partial charge is 0.222 e. The van der Waals surface area contributed by atoms with Crippen LogP contribution in [0.4, 0.5) is 0 Å². The van der Waals surface area contributed by atoms with Crippen LogP contribution in [0.25, 0.3) is 0 Å². The molecule has 122 valence electrons. The Morgan fingerprint density at radius 1 is 1.26 bits per heavy atom. The van der Waals surface area contributed by atoms with E-state index in [1.807, 2.05) is 31.1 Å². The Balaban J connectivity index is 1.50. The van der Waals surface area contributed by atoms with Crippen LogP contribution < -0.4 is 0 Å². The molecule has 1 fully saturated rings. The molecule has 0 unspecified atom stereocenters. The molecule has 0 N–H and O–H groups in total. The van der Waals surface area contributed by atoms with E-state index >= 15 is 0 Å². The van der Waals surface area contributed by atoms with Crippen molar-refractivity contribution in [3.63, 3.8) is 0 Å². The van der Waals surface area contributed by atoms with Gasteiger partial charge in [-0.3, -0.25) is 9.78 Å². The number of likely N-dealkylation sites (tertiary alicyclic amines) is 1. The van der Waals surface area contributed by atoms with Gasteiger partial charge in [-0.25, -0.2) is 0 Å². The third kappa shape index (κ3) is 3.60. The standard InChI is InChI=1S/C18H23N3O2/c1-13-17(14(2)23-20-13)3-4-18(22)21-11-7-16(8-12-21)15-5-9-19-10-6-15/h5-6,9-10,16H,3-4,7-8,11-12H2,1-2H3. The Morgan fingerprint density at radius 2 is 1.96 bits per heavy atom. The van der Waals surface area contributed by atoms with Crippen molar-refractivity contribution < 1.29 is 9.32 Å². The summed E-state index contributed by atoms with van der Waals surface area (Å²) in [7, 11) is 0. The molecule has 0 saturated carbocycles. The maximum absolute atomic E-state index is 12.4. The van der Waals surface area contributed by atoms with Gasteiger partial charge in [0.2, 0.25) is 5.91 Å². The number of pyridine rings is 1. The Hall–Kier alpha value is -2.17. The molecular weight excluding hydrogens is 290 g/mol. The summed E-state index contributed by atoms with van der Waals surface area (Å²) >= 11 is 0. The van der Waals surface area contributed by atoms with E-state index in [-0.39, 0.29) is 5.91 Å². The average Bonchev–Trinajstić information content (AvgIpc) is 2.92. The third-order valence-corrected chi connectivity index (χ3v) is 4.80. The highest BCUT2D eigenvalue weighted by Gasteiger charge is 2.24. The number of hydrogen-bond donors (Lipinski definition) is 0. The quantitative estimate of drug-likeness (QED) is 0.870. The molecular formula is C18H23N3O2. The lowest BCUT2D eigenvalue weighted by Gasteiger charge is -2.32. The number of carbonyl (C=O) groups is 1. The molecule has 1 amide bonds. The Labute approximate surface area is 136 Å². The van der Waals surface area contributed by atoms with Crippen LogP contribution in [-0.2, 0) is 11.2 Å². The molecule has 3 heterocycles. The fourth-order valence-electron chi connectivity index (χ4n) is 3.35. The fourth-order valence-corrected chi connectivity index (χ4v) is 3.35. The number of aromatic nitrogens is 2. The summed E-state index contributed by atoms with van der Waals surface area (Å²) in [6, 6.07) is 4.17. The highest BCUT2D eigenvalue weighted by molar-refractivity contribution is 5.76. The van der Waals surface area contributed by atoms with E-state index < -0.39 is 0 Å². The van der Waals surface area contributed by atoms with Crippen molar-refractivity contribution in [2.75, 3.05) is 13.1 Å². The molecule has 0 aliphatic carbocycles. The Bertz CT molecular complexity index is 639. The van der Waals surface area contributed by atoms with Crippen molar-refractivity contribution in [1.82, 2.24) is 15.0 Å². The van der Waals surface area contributed by atoms with Crippen LogP contribution in [-0.4, -0.2) is 34.0 Å². The largest absolute Gasteiger partial charge is 0.361 e. The Kier molecular flexibility index (Phi) is 4.74. The molecule has 0 aromatic carbocycles. The highest BCUT2D eigenvalue weighted by atomic mass is 16.5. The first kappa shape index (κ1) is 15.7. The van der Waals surface area contributed by atoms with Gasteiger partial charge < -0.3 is 9.42 Å². The molecule has 1 saturated heterocycles. The zero-order chi connectivity index (χ0) is 16.2. The van der Waals surface area contributed by atoms with Crippen molar-refractivity contribution in [2.45, 2.75) is 45.4 Å². The number of nitrogens with zero attached hydrogens (tertiary/aromatic N) is 3. The first-order chi connectivity index (χ1) is 11.1. The van der Waals surface area contributed by atoms with E-state index in [0.717, 1.165) is 42.9 Å². The summed E-state index contributed by atoms with van der Waals surface area (Å²) in [5.41, 5.74) is 3.31. The number of piperidine rings is 1. The zero-order valence-corrected chi connectivity index (χ0v) is 13.8. The molecule has 5 heteroatoms. The van der Waals surface area contributed by atoms with E-state index in [4.69, 9.17) is 4.52 Å². The minimum atomic E-state index is 0.234. The van der Waals surface area contributed by atoms with Gasteiger partial charge >= 0.3 is 0 Å². The molecule has 0 spiro atoms. The summed E-state index contributed by atoms with van der Waals surface area (Å²) in [6.07, 6.45) is 6.99. The van der Waals surface area contributed by atoms with E-state index in [1.165, 1.54) is 5.56 Å². The van der Waals surface area contributed by atoms with Crippen molar-refractivity contribution in [3.05, 3.63) is 47.1 Å². The van der Waals surface area contributed by atoms with Crippen molar-refractivity contribution in [1.29, 1.82) is 0 Å². The summed E-state index contributed by atoms with van der Waals surface area (Å²) in [4.78, 5) is 18.5. The fraction of sp³-hybridized carbons (Fsp3) is 0.500. The predicted octanol–water partition coefficient (Wildman–Crippen LogP) is 3.03. The average molecular weight is 313 g/mol. The maximum atomic E-state index is 12.4. The van der Waals surface area contributed by atoms with E-state index in [9.17, 15) is 4.79 Å². The first-order valence-corrected chi connectivity index (χ1v) is 8.24. The van der Waals surface area contributed by atoms with Crippen molar-refractivity contribution >= 4 is 5.91 Å². The van der Waals surface area contributed by atoms with Crippen LogP contribution in [0.2, 0.25) is 0 Å². The lowest BCUT2D eigenvalue weighted by molar-refractivity contribution is -0.132. The lowest BCUT2D eigenvalue weighted by atomic mass is 9.90. The van der Waals surface area contributed by atoms with Gasteiger partial charge in [0.1, 0.15) is 5.76 Å². The molecule has 1 aliphatic heterocycles. The molecule has 3 rings (SSSR count). The van der Waals surface area contributed by atoms with Crippen LogP contribution in [0, 0.1) is 13.8 Å². The number of hydrogen-bond acceptors (Lipinski definition) is 4. The maximum Gasteiger partial charge on any atom is 0.222 e. The highest BCUT2D eigenvalue weighted by Crippen LogP contribution is 2.28. The molecule has 0 radical (unpaired) electrons. The van der Waals surface area contributed by atoms with Crippen LogP contribution in [0.3, 0.4) is 0 Å². The predicted molar refractivity (Wildman–Crippen MR) is 87.1 cm³/mol. The number of carbonyl (C=O) groups excluding carboxylic acids is 1. The zero-order valence-electron chi connectivity index (χ0n) is 13.8. The van der Waals surface area contributed by atoms with Crippen LogP contribution in [0.5, 0.6) is 0 Å². The minimum absolute atomic E-state index is 0.234. The van der Waals surface area contributed by atoms with Gasteiger partial charge in [-0.2, -0.15) is 0 Å². The molecule has 5 nitrogen and oxygen atoms in total. The number of amides is 1. The molecule has 0 bridgehead atoms. The van der Waals surface area contributed by atoms with Crippen molar-refractivity contribution in [2.24, 2.45) is 0 Å². The summed E-state index contributed by atoms with van der Waals surface area (Å²) < 4.78 is 5.16. The normalized spacial score (nSPS) is 15.8. The summed E-state index contributed by atoms with van der Waals surface area (Å²) in [5.74, 6) is 1.61. The van der Waals surface area contributed by atoms with Crippen LogP contribution in [0.1, 0.15) is 47.8 Å². The van der Waals surface area contributed by atoms with Crippen LogP contribution in [0.15, 0.2) is 29.0 Å². The van der Waals surface area contributed by atoms with Gasteiger partial charge in [0.15, 0.2) is 0 Å². The van der Waals surface area contributed by atoms with Gasteiger partial charge in [0.25, 0.3) is 0 Å². The van der Waals surface area contributed by atoms with Gasteiger partial charge in [-0.05, 0) is 56.7 Å². The molecule has 2 aromatic rings. The second-order valence-corrected chi connectivity index (χ2v) is 6.24. The van der Waals surface area contributed by atoms with E-state index in [2.05, 4.69) is 22.3 Å². The number of aryl methyl sites for hydroxylation is 2. The SMILES string of the molecule is Cc1noc(C)c1CCC(=O)N1CCC(c2ccncc2)CC1. The molecule has 2 aromatic heterocycles. The summed E-state index contributed by atoms with van der Waals surface area (Å²) in [5, 5.41) is 3.95. The topological polar surface area (TPSA) is 59.2 Å². The van der Waals surface area contributed by atoms with Crippen molar-refractivity contribution in [3.8, 4) is 0 Å². The monoisotopic (exact) mass is 313 g/mol. The second kappa shape index (κ2) is 6.94. The lowest BCUT2D eigenvalue weighted by Crippen LogP contribution is -2.38. The minimum Gasteiger partial charge on any atom is -0.361 e. The van der Waals surface area contributed by atoms with E-state index in [0.29, 0.717) is 18.8 Å². The second-order valence-electron chi connectivity index (χ2n) is 6.24. The number of rotatable bonds is 4. The van der Waals surface area contributed by atoms with E-state index in [1.54, 1.807) is 0 Å². The third-order valence-electron chi connectivity index (χ3n) is 4.80. The van der Waals surface area contributed by atoms with Gasteiger partial charge in [-0.1, -0.05) is 5.16 Å². The summed E-state index contributed by atoms with van der Waals surface area (Å²) in [6.45, 7) is 5.51. The van der Waals surface area contributed by atoms with Crippen LogP contribution >= 0.6 is 0 Å². The molecule has 23 heavy (non-hydrogen) atoms. The van der Waals surface area contributed by atoms with Gasteiger partial charge in [0, 0.05) is 37.5 Å². The molecule has 1 aliphatic rings. The van der Waals surface area contributed by atoms with Gasteiger partial charge in [-0.15, -0.1) is 0 Å².